The van der Waals surface area contributed by atoms with Gasteiger partial charge in [0.05, 0.1) is 19.2 Å². The van der Waals surface area contributed by atoms with Crippen molar-refractivity contribution >= 4 is 29.7 Å². The van der Waals surface area contributed by atoms with Gasteiger partial charge in [-0.3, -0.25) is 19.4 Å². The lowest BCUT2D eigenvalue weighted by Crippen LogP contribution is -2.54. The number of aliphatic hydroxyl groups is 1. The summed E-state index contributed by atoms with van der Waals surface area (Å²) in [5.74, 6) is -3.67. The minimum Gasteiger partial charge on any atom is -0.508 e. The molecule has 3 amide bonds. The summed E-state index contributed by atoms with van der Waals surface area (Å²) in [6.07, 6.45) is 0.589. The van der Waals surface area contributed by atoms with Gasteiger partial charge in [-0.2, -0.15) is 0 Å². The molecule has 0 aromatic heterocycles. The highest BCUT2D eigenvalue weighted by Gasteiger charge is 2.25. The highest BCUT2D eigenvalue weighted by Crippen LogP contribution is 2.11. The summed E-state index contributed by atoms with van der Waals surface area (Å²) < 4.78 is 0. The quantitative estimate of drug-likeness (QED) is 0.0718. The summed E-state index contributed by atoms with van der Waals surface area (Å²) in [6.45, 7) is -1.21. The number of hydrogen-bond donors (Lipinski definition) is 9. The monoisotopic (exact) mass is 481 g/mol. The molecule has 3 unspecified atom stereocenters. The lowest BCUT2D eigenvalue weighted by atomic mass is 10.0. The van der Waals surface area contributed by atoms with E-state index >= 15 is 0 Å². The van der Waals surface area contributed by atoms with Gasteiger partial charge in [-0.25, -0.2) is 4.79 Å². The molecule has 0 bridgehead atoms. The third-order valence-corrected chi connectivity index (χ3v) is 4.55. The van der Waals surface area contributed by atoms with Crippen LogP contribution in [0.4, 0.5) is 0 Å². The number of phenolic OH excluding ortho intramolecular Hbond substituents is 1. The van der Waals surface area contributed by atoms with Crippen molar-refractivity contribution in [3.63, 3.8) is 0 Å². The third kappa shape index (κ3) is 10.6. The standard InChI is InChI=1S/C20H31N7O7/c21-13(8-11-3-5-12(29)6-4-11)17(31)27-14(2-1-7-24-20(22)23)18(32)25-9-16(30)26-15(10-28)19(33)34/h3-6,13-15,28-29H,1-2,7-10,21H2,(H,25,32)(H,26,30)(H,27,31)(H,33,34)(H4,22,23,24). The third-order valence-electron chi connectivity index (χ3n) is 4.55. The summed E-state index contributed by atoms with van der Waals surface area (Å²) in [7, 11) is 0. The zero-order valence-electron chi connectivity index (χ0n) is 18.4. The van der Waals surface area contributed by atoms with E-state index in [1.807, 2.05) is 5.32 Å². The number of nitrogens with two attached hydrogens (primary N) is 3. The Labute approximate surface area is 195 Å². The van der Waals surface area contributed by atoms with E-state index in [0.717, 1.165) is 0 Å². The average molecular weight is 482 g/mol. The number of carbonyl (C=O) groups excluding carboxylic acids is 3. The first-order valence-electron chi connectivity index (χ1n) is 10.3. The molecular formula is C20H31N7O7. The van der Waals surface area contributed by atoms with E-state index in [-0.39, 0.29) is 31.1 Å². The molecule has 0 aliphatic heterocycles. The van der Waals surface area contributed by atoms with E-state index in [1.165, 1.54) is 12.1 Å². The molecule has 0 saturated heterocycles. The van der Waals surface area contributed by atoms with Crippen molar-refractivity contribution in [2.45, 2.75) is 37.4 Å². The zero-order valence-corrected chi connectivity index (χ0v) is 18.4. The second-order valence-corrected chi connectivity index (χ2v) is 7.35. The Morgan fingerprint density at radius 2 is 1.65 bits per heavy atom. The van der Waals surface area contributed by atoms with Gasteiger partial charge in [0.15, 0.2) is 5.96 Å². The molecule has 3 atom stereocenters. The van der Waals surface area contributed by atoms with Crippen LogP contribution in [-0.2, 0) is 25.6 Å². The summed E-state index contributed by atoms with van der Waals surface area (Å²) in [5.41, 5.74) is 17.2. The van der Waals surface area contributed by atoms with E-state index in [1.54, 1.807) is 12.1 Å². The number of benzene rings is 1. The van der Waals surface area contributed by atoms with E-state index in [4.69, 9.17) is 27.4 Å². The van der Waals surface area contributed by atoms with Gasteiger partial charge < -0.3 is 48.5 Å². The Morgan fingerprint density at radius 1 is 1.00 bits per heavy atom. The second kappa shape index (κ2) is 14.3. The van der Waals surface area contributed by atoms with Gasteiger partial charge >= 0.3 is 5.97 Å². The number of aliphatic carboxylic acids is 1. The van der Waals surface area contributed by atoms with Crippen LogP contribution in [0, 0.1) is 0 Å². The topological polar surface area (TPSA) is 255 Å². The maximum atomic E-state index is 12.6. The van der Waals surface area contributed by atoms with Crippen molar-refractivity contribution in [2.24, 2.45) is 22.2 Å². The van der Waals surface area contributed by atoms with Crippen LogP contribution in [0.5, 0.6) is 5.75 Å². The second-order valence-electron chi connectivity index (χ2n) is 7.35. The fourth-order valence-electron chi connectivity index (χ4n) is 2.75. The number of aromatic hydroxyl groups is 1. The first kappa shape index (κ1) is 28.1. The fourth-order valence-corrected chi connectivity index (χ4v) is 2.75. The number of aliphatic imine (C=N–C) groups is 1. The van der Waals surface area contributed by atoms with Gasteiger partial charge in [0, 0.05) is 6.54 Å². The van der Waals surface area contributed by atoms with Crippen molar-refractivity contribution in [3.05, 3.63) is 29.8 Å². The molecule has 0 heterocycles. The smallest absolute Gasteiger partial charge is 0.328 e. The summed E-state index contributed by atoms with van der Waals surface area (Å²) in [5, 5.41) is 34.0. The normalized spacial score (nSPS) is 13.1. The lowest BCUT2D eigenvalue weighted by Gasteiger charge is -2.21. The van der Waals surface area contributed by atoms with Gasteiger partial charge in [0.1, 0.15) is 17.8 Å². The molecule has 188 valence electrons. The van der Waals surface area contributed by atoms with Crippen molar-refractivity contribution in [1.29, 1.82) is 0 Å². The number of amides is 3. The van der Waals surface area contributed by atoms with Crippen molar-refractivity contribution in [1.82, 2.24) is 16.0 Å². The van der Waals surface area contributed by atoms with Crippen LogP contribution >= 0.6 is 0 Å². The largest absolute Gasteiger partial charge is 0.508 e. The maximum Gasteiger partial charge on any atom is 0.328 e. The number of hydrogen-bond acceptors (Lipinski definition) is 8. The Morgan fingerprint density at radius 3 is 2.21 bits per heavy atom. The fraction of sp³-hybridized carbons (Fsp3) is 0.450. The molecule has 14 heteroatoms. The minimum absolute atomic E-state index is 0.0667. The lowest BCUT2D eigenvalue weighted by molar-refractivity contribution is -0.142. The number of nitrogens with one attached hydrogen (secondary N) is 3. The molecule has 14 nitrogen and oxygen atoms in total. The van der Waals surface area contributed by atoms with Crippen molar-refractivity contribution < 1.29 is 34.5 Å². The molecule has 0 aliphatic carbocycles. The molecule has 1 aromatic rings. The van der Waals surface area contributed by atoms with Crippen LogP contribution in [0.2, 0.25) is 0 Å². The van der Waals surface area contributed by atoms with E-state index < -0.39 is 55.0 Å². The van der Waals surface area contributed by atoms with Crippen LogP contribution in [0.25, 0.3) is 0 Å². The minimum atomic E-state index is -1.52. The Hall–Kier alpha value is -3.91. The molecule has 1 aromatic carbocycles. The van der Waals surface area contributed by atoms with E-state index in [2.05, 4.69) is 15.6 Å². The van der Waals surface area contributed by atoms with Gasteiger partial charge in [-0.1, -0.05) is 12.1 Å². The maximum absolute atomic E-state index is 12.6. The van der Waals surface area contributed by atoms with Gasteiger partial charge in [-0.15, -0.1) is 0 Å². The Kier molecular flexibility index (Phi) is 11.8. The zero-order chi connectivity index (χ0) is 25.7. The average Bonchev–Trinajstić information content (AvgIpc) is 2.78. The number of rotatable bonds is 14. The summed E-state index contributed by atoms with van der Waals surface area (Å²) in [4.78, 5) is 51.7. The first-order chi connectivity index (χ1) is 16.0. The number of phenols is 1. The van der Waals surface area contributed by atoms with Crippen LogP contribution in [-0.4, -0.2) is 82.8 Å². The van der Waals surface area contributed by atoms with Crippen LogP contribution < -0.4 is 33.2 Å². The van der Waals surface area contributed by atoms with Gasteiger partial charge in [0.25, 0.3) is 0 Å². The highest BCUT2D eigenvalue weighted by molar-refractivity contribution is 5.92. The van der Waals surface area contributed by atoms with E-state index in [9.17, 15) is 24.3 Å². The van der Waals surface area contributed by atoms with Gasteiger partial charge in [-0.05, 0) is 37.0 Å². The number of guanidine groups is 1. The van der Waals surface area contributed by atoms with Crippen LogP contribution in [0.1, 0.15) is 18.4 Å². The van der Waals surface area contributed by atoms with Crippen molar-refractivity contribution in [2.75, 3.05) is 19.7 Å². The van der Waals surface area contributed by atoms with Crippen molar-refractivity contribution in [3.8, 4) is 5.75 Å². The number of carbonyl (C=O) groups is 4. The summed E-state index contributed by atoms with van der Waals surface area (Å²) in [6, 6.07) is 2.54. The molecular weight excluding hydrogens is 450 g/mol. The molecule has 12 N–H and O–H groups in total. The molecule has 0 saturated carbocycles. The van der Waals surface area contributed by atoms with E-state index in [0.29, 0.717) is 12.0 Å². The predicted octanol–water partition coefficient (Wildman–Crippen LogP) is -3.52. The number of carboxylic acid groups (broad SMARTS) is 1. The Balaban J connectivity index is 2.74. The van der Waals surface area contributed by atoms with Crippen LogP contribution in [0.3, 0.4) is 0 Å². The van der Waals surface area contributed by atoms with Gasteiger partial charge in [0.2, 0.25) is 17.7 Å². The Bertz CT molecular complexity index is 873. The number of nitrogens with zero attached hydrogens (tertiary/aromatic N) is 1. The molecule has 1 rings (SSSR count). The molecule has 0 spiro atoms. The first-order valence-corrected chi connectivity index (χ1v) is 10.3. The number of carboxylic acids is 1. The molecule has 0 fully saturated rings. The van der Waals surface area contributed by atoms with Crippen LogP contribution in [0.15, 0.2) is 29.3 Å². The molecule has 34 heavy (non-hydrogen) atoms. The molecule has 0 radical (unpaired) electrons. The number of aliphatic hydroxyl groups excluding tert-OH is 1. The predicted molar refractivity (Wildman–Crippen MR) is 121 cm³/mol. The summed E-state index contributed by atoms with van der Waals surface area (Å²) >= 11 is 0. The molecule has 0 aliphatic rings. The SMILES string of the molecule is NC(N)=NCCCC(NC(=O)C(N)Cc1ccc(O)cc1)C(=O)NCC(=O)NC(CO)C(=O)O. The highest BCUT2D eigenvalue weighted by atomic mass is 16.4.